The van der Waals surface area contributed by atoms with E-state index in [1.807, 2.05) is 6.92 Å². The topological polar surface area (TPSA) is 51.7 Å². The van der Waals surface area contributed by atoms with Crippen LogP contribution in [-0.2, 0) is 9.47 Å². The highest BCUT2D eigenvalue weighted by atomic mass is 35.5. The summed E-state index contributed by atoms with van der Waals surface area (Å²) in [4.78, 5) is 18.2. The van der Waals surface area contributed by atoms with Gasteiger partial charge in [0.1, 0.15) is 10.8 Å². The third-order valence-electron chi connectivity index (χ3n) is 2.75. The molecule has 20 heavy (non-hydrogen) atoms. The molecule has 1 atom stereocenters. The second-order valence-electron chi connectivity index (χ2n) is 4.26. The number of nitrogens with zero attached hydrogens (tertiary/aromatic N) is 2. The summed E-state index contributed by atoms with van der Waals surface area (Å²) in [6.07, 6.45) is 0. The maximum atomic E-state index is 12.5. The van der Waals surface area contributed by atoms with Crippen LogP contribution in [0.5, 0.6) is 0 Å². The van der Waals surface area contributed by atoms with Crippen LogP contribution in [0.4, 0.5) is 0 Å². The first kappa shape index (κ1) is 17.2. The quantitative estimate of drug-likeness (QED) is 0.724. The van der Waals surface area contributed by atoms with E-state index in [0.29, 0.717) is 19.8 Å². The van der Waals surface area contributed by atoms with Gasteiger partial charge in [0, 0.05) is 20.8 Å². The Labute approximate surface area is 128 Å². The smallest absolute Gasteiger partial charge is 0.274 e. The number of carbonyl (C=O) groups is 1. The van der Waals surface area contributed by atoms with Gasteiger partial charge in [-0.15, -0.1) is 0 Å². The molecular weight excluding hydrogens is 303 g/mol. The Hall–Kier alpha value is -0.880. The van der Waals surface area contributed by atoms with Crippen molar-refractivity contribution in [3.8, 4) is 0 Å². The monoisotopic (exact) mass is 320 g/mol. The van der Waals surface area contributed by atoms with Crippen LogP contribution in [0.1, 0.15) is 17.4 Å². The van der Waals surface area contributed by atoms with Crippen molar-refractivity contribution in [2.24, 2.45) is 0 Å². The van der Waals surface area contributed by atoms with Crippen molar-refractivity contribution in [1.82, 2.24) is 9.88 Å². The van der Waals surface area contributed by atoms with E-state index >= 15 is 0 Å². The number of halogens is 2. The zero-order valence-corrected chi connectivity index (χ0v) is 13.2. The lowest BCUT2D eigenvalue weighted by molar-refractivity contribution is 0.0474. The minimum absolute atomic E-state index is 0.125. The zero-order chi connectivity index (χ0) is 15.1. The van der Waals surface area contributed by atoms with Gasteiger partial charge in [0.25, 0.3) is 5.91 Å². The van der Waals surface area contributed by atoms with Gasteiger partial charge in [0.15, 0.2) is 0 Å². The summed E-state index contributed by atoms with van der Waals surface area (Å²) in [5, 5.41) is 0.496. The first-order valence-corrected chi connectivity index (χ1v) is 6.87. The minimum Gasteiger partial charge on any atom is -0.383 e. The molecule has 0 aliphatic carbocycles. The number of pyridine rings is 1. The molecule has 0 aromatic carbocycles. The third kappa shape index (κ3) is 4.59. The lowest BCUT2D eigenvalue weighted by Gasteiger charge is -2.28. The van der Waals surface area contributed by atoms with E-state index in [0.717, 1.165) is 0 Å². The molecule has 0 spiro atoms. The van der Waals surface area contributed by atoms with Crippen molar-refractivity contribution in [2.45, 2.75) is 13.0 Å². The number of rotatable bonds is 7. The van der Waals surface area contributed by atoms with Gasteiger partial charge in [0.2, 0.25) is 0 Å². The molecule has 0 N–H and O–H groups in total. The number of ether oxygens (including phenoxy) is 2. The Morgan fingerprint density at radius 1 is 1.35 bits per heavy atom. The van der Waals surface area contributed by atoms with Crippen molar-refractivity contribution >= 4 is 29.1 Å². The maximum absolute atomic E-state index is 12.5. The Kier molecular flexibility index (Phi) is 7.23. The molecule has 0 aliphatic heterocycles. The fourth-order valence-corrected chi connectivity index (χ4v) is 2.08. The summed E-state index contributed by atoms with van der Waals surface area (Å²) >= 11 is 11.8. The molecule has 1 unspecified atom stereocenters. The molecule has 5 nitrogen and oxygen atoms in total. The largest absolute Gasteiger partial charge is 0.383 e. The van der Waals surface area contributed by atoms with Gasteiger partial charge in [-0.05, 0) is 19.1 Å². The Balaban J connectivity index is 2.99. The lowest BCUT2D eigenvalue weighted by atomic mass is 10.2. The van der Waals surface area contributed by atoms with Crippen molar-refractivity contribution in [3.63, 3.8) is 0 Å². The van der Waals surface area contributed by atoms with Crippen LogP contribution in [0.25, 0.3) is 0 Å². The van der Waals surface area contributed by atoms with Crippen molar-refractivity contribution in [3.05, 3.63) is 28.0 Å². The molecule has 1 aromatic heterocycles. The highest BCUT2D eigenvalue weighted by Gasteiger charge is 2.24. The number of amides is 1. The van der Waals surface area contributed by atoms with E-state index in [2.05, 4.69) is 4.98 Å². The average molecular weight is 321 g/mol. The summed E-state index contributed by atoms with van der Waals surface area (Å²) in [6.45, 7) is 3.13. The Bertz CT molecular complexity index is 457. The van der Waals surface area contributed by atoms with Crippen molar-refractivity contribution in [2.75, 3.05) is 34.0 Å². The highest BCUT2D eigenvalue weighted by Crippen LogP contribution is 2.19. The predicted octanol–water partition coefficient (Wildman–Crippen LogP) is 2.51. The van der Waals surface area contributed by atoms with Crippen LogP contribution in [0.3, 0.4) is 0 Å². The molecule has 0 aliphatic rings. The summed E-state index contributed by atoms with van der Waals surface area (Å²) in [6, 6.07) is 2.97. The highest BCUT2D eigenvalue weighted by molar-refractivity contribution is 6.34. The molecule has 0 radical (unpaired) electrons. The molecule has 112 valence electrons. The first-order chi connectivity index (χ1) is 9.51. The number of carbonyl (C=O) groups excluding carboxylic acids is 1. The average Bonchev–Trinajstić information content (AvgIpc) is 2.42. The lowest BCUT2D eigenvalue weighted by Crippen LogP contribution is -2.43. The third-order valence-corrected chi connectivity index (χ3v) is 3.27. The first-order valence-electron chi connectivity index (χ1n) is 6.12. The van der Waals surface area contributed by atoms with Crippen LogP contribution < -0.4 is 0 Å². The van der Waals surface area contributed by atoms with E-state index in [1.165, 1.54) is 0 Å². The molecule has 1 amide bonds. The van der Waals surface area contributed by atoms with Gasteiger partial charge in [-0.3, -0.25) is 4.79 Å². The van der Waals surface area contributed by atoms with Gasteiger partial charge in [-0.25, -0.2) is 4.98 Å². The molecule has 0 bridgehead atoms. The summed E-state index contributed by atoms with van der Waals surface area (Å²) in [5.41, 5.74) is 0.137. The standard InChI is InChI=1S/C13H18Cl2N2O3/c1-9(8-20-3)17(6-7-19-2)13(18)12-10(14)4-5-11(15)16-12/h4-5,9H,6-8H2,1-3H3. The molecule has 0 saturated carbocycles. The fourth-order valence-electron chi connectivity index (χ4n) is 1.75. The van der Waals surface area contributed by atoms with Gasteiger partial charge in [0.05, 0.1) is 24.3 Å². The minimum atomic E-state index is -0.292. The molecule has 0 saturated heterocycles. The SMILES string of the molecule is COCCN(C(=O)c1nc(Cl)ccc1Cl)C(C)COC. The molecular formula is C13H18Cl2N2O3. The number of aromatic nitrogens is 1. The van der Waals surface area contributed by atoms with Crippen LogP contribution in [0.15, 0.2) is 12.1 Å². The number of methoxy groups -OCH3 is 2. The van der Waals surface area contributed by atoms with Crippen LogP contribution in [0.2, 0.25) is 10.2 Å². The van der Waals surface area contributed by atoms with E-state index < -0.39 is 0 Å². The van der Waals surface area contributed by atoms with E-state index in [9.17, 15) is 4.79 Å². The van der Waals surface area contributed by atoms with Crippen molar-refractivity contribution < 1.29 is 14.3 Å². The Morgan fingerprint density at radius 2 is 2.05 bits per heavy atom. The summed E-state index contributed by atoms with van der Waals surface area (Å²) in [7, 11) is 3.16. The van der Waals surface area contributed by atoms with Gasteiger partial charge < -0.3 is 14.4 Å². The van der Waals surface area contributed by atoms with Crippen LogP contribution in [-0.4, -0.2) is 55.8 Å². The van der Waals surface area contributed by atoms with E-state index in [4.69, 9.17) is 32.7 Å². The molecule has 1 aromatic rings. The summed E-state index contributed by atoms with van der Waals surface area (Å²) < 4.78 is 10.1. The van der Waals surface area contributed by atoms with E-state index in [-0.39, 0.29) is 27.8 Å². The number of hydrogen-bond acceptors (Lipinski definition) is 4. The molecule has 1 heterocycles. The maximum Gasteiger partial charge on any atom is 0.274 e. The second kappa shape index (κ2) is 8.42. The van der Waals surface area contributed by atoms with Gasteiger partial charge >= 0.3 is 0 Å². The van der Waals surface area contributed by atoms with Crippen molar-refractivity contribution in [1.29, 1.82) is 0 Å². The second-order valence-corrected chi connectivity index (χ2v) is 5.05. The Morgan fingerprint density at radius 3 is 2.65 bits per heavy atom. The zero-order valence-electron chi connectivity index (χ0n) is 11.7. The van der Waals surface area contributed by atoms with Gasteiger partial charge in [-0.1, -0.05) is 23.2 Å². The van der Waals surface area contributed by atoms with Gasteiger partial charge in [-0.2, -0.15) is 0 Å². The van der Waals surface area contributed by atoms with E-state index in [1.54, 1.807) is 31.3 Å². The predicted molar refractivity (Wildman–Crippen MR) is 78.5 cm³/mol. The molecule has 7 heteroatoms. The summed E-state index contributed by atoms with van der Waals surface area (Å²) in [5.74, 6) is -0.292. The van der Waals surface area contributed by atoms with Crippen LogP contribution >= 0.6 is 23.2 Å². The van der Waals surface area contributed by atoms with Crippen LogP contribution in [0, 0.1) is 0 Å². The molecule has 0 fully saturated rings. The number of hydrogen-bond donors (Lipinski definition) is 0. The normalized spacial score (nSPS) is 12.2. The molecule has 1 rings (SSSR count). The fraction of sp³-hybridized carbons (Fsp3) is 0.538.